The first-order valence-corrected chi connectivity index (χ1v) is 14.6. The summed E-state index contributed by atoms with van der Waals surface area (Å²) in [4.78, 5) is 15.9. The molecule has 0 saturated carbocycles. The van der Waals surface area contributed by atoms with Crippen LogP contribution >= 0.6 is 23.2 Å². The molecule has 218 valence electrons. The number of rotatable bonds is 9. The second kappa shape index (κ2) is 11.8. The quantitative estimate of drug-likeness (QED) is 0.172. The van der Waals surface area contributed by atoms with Gasteiger partial charge < -0.3 is 14.4 Å². The van der Waals surface area contributed by atoms with Gasteiger partial charge in [-0.25, -0.2) is 4.79 Å². The molecule has 0 aliphatic rings. The fraction of sp³-hybridized carbons (Fsp3) is 0.303. The monoisotopic (exact) mass is 604 g/mol. The number of nitrogens with zero attached hydrogens (tertiary/aromatic N) is 4. The van der Waals surface area contributed by atoms with Gasteiger partial charge in [-0.15, -0.1) is 0 Å². The van der Waals surface area contributed by atoms with Crippen molar-refractivity contribution in [3.63, 3.8) is 0 Å². The molecule has 0 unspecified atom stereocenters. The molecule has 1 N–H and O–H groups in total. The van der Waals surface area contributed by atoms with Gasteiger partial charge >= 0.3 is 5.97 Å². The van der Waals surface area contributed by atoms with Gasteiger partial charge in [0.2, 0.25) is 0 Å². The summed E-state index contributed by atoms with van der Waals surface area (Å²) >= 11 is 13.3. The number of fused-ring (bicyclic) bond motifs is 1. The van der Waals surface area contributed by atoms with Crippen molar-refractivity contribution in [2.75, 3.05) is 6.61 Å². The van der Waals surface area contributed by atoms with Gasteiger partial charge in [-0.2, -0.15) is 5.10 Å². The molecular weight excluding hydrogens is 571 g/mol. The van der Waals surface area contributed by atoms with Crippen LogP contribution in [0.3, 0.4) is 0 Å². The Morgan fingerprint density at radius 3 is 2.29 bits per heavy atom. The van der Waals surface area contributed by atoms with Crippen LogP contribution in [0, 0.1) is 34.6 Å². The Labute approximate surface area is 255 Å². The zero-order valence-corrected chi connectivity index (χ0v) is 26.2. The van der Waals surface area contributed by atoms with Gasteiger partial charge in [0, 0.05) is 46.2 Å². The van der Waals surface area contributed by atoms with Crippen LogP contribution in [0.15, 0.2) is 42.6 Å². The number of aryl methyl sites for hydroxylation is 5. The van der Waals surface area contributed by atoms with Crippen LogP contribution in [0.25, 0.3) is 22.0 Å². The van der Waals surface area contributed by atoms with Gasteiger partial charge in [0.25, 0.3) is 0 Å². The maximum absolute atomic E-state index is 11.4. The van der Waals surface area contributed by atoms with Crippen LogP contribution in [-0.4, -0.2) is 37.0 Å². The van der Waals surface area contributed by atoms with E-state index in [9.17, 15) is 9.90 Å². The van der Waals surface area contributed by atoms with Crippen LogP contribution in [-0.2, 0) is 20.0 Å². The zero-order valence-electron chi connectivity index (χ0n) is 24.7. The van der Waals surface area contributed by atoms with Gasteiger partial charge in [0.1, 0.15) is 5.75 Å². The second-order valence-electron chi connectivity index (χ2n) is 10.8. The molecule has 0 fully saturated rings. The summed E-state index contributed by atoms with van der Waals surface area (Å²) in [6.07, 6.45) is 3.02. The predicted molar refractivity (Wildman–Crippen MR) is 168 cm³/mol. The highest BCUT2D eigenvalue weighted by molar-refractivity contribution is 6.35. The Balaban J connectivity index is 1.56. The van der Waals surface area contributed by atoms with Crippen LogP contribution in [0.5, 0.6) is 5.75 Å². The summed E-state index contributed by atoms with van der Waals surface area (Å²) in [6, 6.07) is 11.4. The number of benzene rings is 2. The molecule has 2 aromatic carbocycles. The fourth-order valence-electron chi connectivity index (χ4n) is 5.74. The Morgan fingerprint density at radius 2 is 1.69 bits per heavy atom. The minimum absolute atomic E-state index is 0.157. The van der Waals surface area contributed by atoms with Gasteiger partial charge in [-0.05, 0) is 94.5 Å². The van der Waals surface area contributed by atoms with Gasteiger partial charge in [-0.3, -0.25) is 9.67 Å². The maximum Gasteiger partial charge on any atom is 0.337 e. The molecule has 9 heteroatoms. The topological polar surface area (TPSA) is 82.2 Å². The molecule has 42 heavy (non-hydrogen) atoms. The molecule has 0 spiro atoms. The number of carboxylic acid groups (broad SMARTS) is 1. The summed E-state index contributed by atoms with van der Waals surface area (Å²) in [5, 5.41) is 16.5. The van der Waals surface area contributed by atoms with Crippen molar-refractivity contribution in [1.82, 2.24) is 19.3 Å². The molecular formula is C33H34Cl2N4O3. The third kappa shape index (κ3) is 5.51. The van der Waals surface area contributed by atoms with E-state index >= 15 is 0 Å². The molecule has 7 nitrogen and oxygen atoms in total. The van der Waals surface area contributed by atoms with Gasteiger partial charge in [-0.1, -0.05) is 29.3 Å². The molecule has 5 rings (SSSR count). The van der Waals surface area contributed by atoms with Crippen molar-refractivity contribution in [2.45, 2.75) is 54.0 Å². The number of aromatic nitrogens is 4. The average molecular weight is 606 g/mol. The van der Waals surface area contributed by atoms with Crippen LogP contribution < -0.4 is 4.74 Å². The summed E-state index contributed by atoms with van der Waals surface area (Å²) in [5.41, 5.74) is 10.2. The fourth-order valence-corrected chi connectivity index (χ4v) is 6.09. The first-order chi connectivity index (χ1) is 20.0. The number of hydrogen-bond acceptors (Lipinski definition) is 4. The van der Waals surface area contributed by atoms with Crippen LogP contribution in [0.1, 0.15) is 56.2 Å². The standard InChI is InChI=1S/C33H34Cl2N4O3/c1-18-14-25(15-19(2)31(18)35)42-13-7-8-26-21(4)39(17-24-10-9-23(16-36-24)33(40)41)32-27(26)11-12-28(34)30(32)29-20(3)37-38(6)22(29)5/h9-12,14-16H,7-8,13,17H2,1-6H3,(H,40,41). The molecule has 5 aromatic rings. The average Bonchev–Trinajstić information content (AvgIpc) is 3.35. The van der Waals surface area contributed by atoms with E-state index < -0.39 is 5.97 Å². The Bertz CT molecular complexity index is 1800. The normalized spacial score (nSPS) is 11.4. The van der Waals surface area contributed by atoms with E-state index in [4.69, 9.17) is 27.9 Å². The lowest BCUT2D eigenvalue weighted by molar-refractivity contribution is 0.0696. The lowest BCUT2D eigenvalue weighted by Crippen LogP contribution is -2.07. The molecule has 0 aliphatic heterocycles. The van der Waals surface area contributed by atoms with Crippen molar-refractivity contribution >= 4 is 40.1 Å². The van der Waals surface area contributed by atoms with Gasteiger partial charge in [0.15, 0.2) is 0 Å². The third-order valence-corrected chi connectivity index (χ3v) is 8.88. The van der Waals surface area contributed by atoms with Gasteiger partial charge in [0.05, 0.1) is 40.6 Å². The van der Waals surface area contributed by atoms with E-state index in [-0.39, 0.29) is 5.56 Å². The Morgan fingerprint density at radius 1 is 0.976 bits per heavy atom. The number of ether oxygens (including phenoxy) is 1. The molecule has 0 aliphatic carbocycles. The predicted octanol–water partition coefficient (Wildman–Crippen LogP) is 8.04. The van der Waals surface area contributed by atoms with Crippen molar-refractivity contribution in [3.05, 3.63) is 97.7 Å². The Hall–Kier alpha value is -3.81. The van der Waals surface area contributed by atoms with E-state index in [2.05, 4.69) is 34.6 Å². The molecule has 0 radical (unpaired) electrons. The van der Waals surface area contributed by atoms with Crippen molar-refractivity contribution in [1.29, 1.82) is 0 Å². The number of pyridine rings is 1. The third-order valence-electron chi connectivity index (χ3n) is 7.96. The SMILES string of the molecule is Cc1cc(OCCCc2c(C)n(Cc3ccc(C(=O)O)cn3)c3c(-c4c(C)nn(C)c4C)c(Cl)ccc23)cc(C)c1Cl. The number of halogens is 2. The zero-order chi connectivity index (χ0) is 30.3. The lowest BCUT2D eigenvalue weighted by Gasteiger charge is -2.14. The highest BCUT2D eigenvalue weighted by Crippen LogP contribution is 2.42. The van der Waals surface area contributed by atoms with Crippen molar-refractivity contribution in [2.24, 2.45) is 7.05 Å². The largest absolute Gasteiger partial charge is 0.494 e. The number of carbonyl (C=O) groups is 1. The molecule has 0 saturated heterocycles. The van der Waals surface area contributed by atoms with E-state index in [0.29, 0.717) is 18.2 Å². The van der Waals surface area contributed by atoms with E-state index in [1.165, 1.54) is 11.8 Å². The highest BCUT2D eigenvalue weighted by atomic mass is 35.5. The van der Waals surface area contributed by atoms with E-state index in [1.807, 2.05) is 50.7 Å². The minimum atomic E-state index is -0.998. The number of carboxylic acids is 1. The first-order valence-electron chi connectivity index (χ1n) is 13.9. The summed E-state index contributed by atoms with van der Waals surface area (Å²) in [7, 11) is 1.94. The second-order valence-corrected chi connectivity index (χ2v) is 11.6. The maximum atomic E-state index is 11.4. The number of aromatic carboxylic acids is 1. The van der Waals surface area contributed by atoms with Crippen LogP contribution in [0.2, 0.25) is 10.0 Å². The van der Waals surface area contributed by atoms with E-state index in [1.54, 1.807) is 12.1 Å². The smallest absolute Gasteiger partial charge is 0.337 e. The molecule has 3 heterocycles. The molecule has 0 bridgehead atoms. The van der Waals surface area contributed by atoms with E-state index in [0.717, 1.165) is 79.5 Å². The molecule has 0 atom stereocenters. The summed E-state index contributed by atoms with van der Waals surface area (Å²) < 4.78 is 10.2. The highest BCUT2D eigenvalue weighted by Gasteiger charge is 2.24. The number of hydrogen-bond donors (Lipinski definition) is 1. The van der Waals surface area contributed by atoms with Crippen molar-refractivity contribution < 1.29 is 14.6 Å². The molecule has 0 amide bonds. The molecule has 3 aromatic heterocycles. The summed E-state index contributed by atoms with van der Waals surface area (Å²) in [6.45, 7) is 11.2. The summed E-state index contributed by atoms with van der Waals surface area (Å²) in [5.74, 6) is -0.178. The Kier molecular flexibility index (Phi) is 8.35. The lowest BCUT2D eigenvalue weighted by atomic mass is 9.98. The van der Waals surface area contributed by atoms with Crippen LogP contribution in [0.4, 0.5) is 0 Å². The first kappa shape index (κ1) is 29.7. The minimum Gasteiger partial charge on any atom is -0.494 e. The van der Waals surface area contributed by atoms with Crippen molar-refractivity contribution in [3.8, 4) is 16.9 Å².